The molecule has 1 amide bonds. The third-order valence-electron chi connectivity index (χ3n) is 3.58. The molecule has 4 N–H and O–H groups in total. The first-order valence-corrected chi connectivity index (χ1v) is 8.37. The van der Waals surface area contributed by atoms with Crippen LogP contribution in [0.25, 0.3) is 0 Å². The fraction of sp³-hybridized carbons (Fsp3) is 0.667. The summed E-state index contributed by atoms with van der Waals surface area (Å²) in [6.45, 7) is 6.12. The number of carbonyl (C=O) groups is 1. The standard InChI is InChI=1S/C15H25N3O2S/c1-5-6-9-7-10(9)18-15-12(20-8(2)3)11(16)13(21-15)14(19)17-4/h8-10,18H,5-7,16H2,1-4H3,(H,17,19). The van der Waals surface area contributed by atoms with Gasteiger partial charge in [-0.15, -0.1) is 11.3 Å². The smallest absolute Gasteiger partial charge is 0.263 e. The van der Waals surface area contributed by atoms with Crippen LogP contribution in [0.3, 0.4) is 0 Å². The van der Waals surface area contributed by atoms with Crippen molar-refractivity contribution in [3.05, 3.63) is 4.88 Å². The second-order valence-electron chi connectivity index (χ2n) is 5.78. The first-order valence-electron chi connectivity index (χ1n) is 7.55. The van der Waals surface area contributed by atoms with Crippen molar-refractivity contribution in [3.8, 4) is 5.75 Å². The first-order chi connectivity index (χ1) is 9.97. The average molecular weight is 311 g/mol. The molecule has 5 nitrogen and oxygen atoms in total. The number of hydrogen-bond acceptors (Lipinski definition) is 5. The number of nitrogen functional groups attached to an aromatic ring is 1. The molecule has 2 rings (SSSR count). The summed E-state index contributed by atoms with van der Waals surface area (Å²) in [6.07, 6.45) is 3.64. The van der Waals surface area contributed by atoms with Crippen LogP contribution in [0.4, 0.5) is 10.7 Å². The summed E-state index contributed by atoms with van der Waals surface area (Å²) in [5, 5.41) is 7.00. The summed E-state index contributed by atoms with van der Waals surface area (Å²) in [4.78, 5) is 12.4. The molecule has 1 saturated carbocycles. The second-order valence-corrected chi connectivity index (χ2v) is 6.80. The largest absolute Gasteiger partial charge is 0.486 e. The molecule has 1 fully saturated rings. The van der Waals surface area contributed by atoms with E-state index in [1.807, 2.05) is 13.8 Å². The van der Waals surface area contributed by atoms with E-state index in [0.717, 1.165) is 10.9 Å². The molecular formula is C15H25N3O2S. The van der Waals surface area contributed by atoms with Crippen LogP contribution in [-0.4, -0.2) is 25.1 Å². The minimum absolute atomic E-state index is 0.0191. The highest BCUT2D eigenvalue weighted by Gasteiger charge is 2.37. The zero-order valence-corrected chi connectivity index (χ0v) is 14.0. The molecule has 0 saturated heterocycles. The van der Waals surface area contributed by atoms with Crippen LogP contribution in [0.5, 0.6) is 5.75 Å². The number of anilines is 2. The van der Waals surface area contributed by atoms with Gasteiger partial charge >= 0.3 is 0 Å². The zero-order chi connectivity index (χ0) is 15.6. The summed E-state index contributed by atoms with van der Waals surface area (Å²) < 4.78 is 5.82. The van der Waals surface area contributed by atoms with E-state index in [0.29, 0.717) is 22.4 Å². The molecule has 21 heavy (non-hydrogen) atoms. The number of rotatable bonds is 7. The molecule has 0 aliphatic heterocycles. The fourth-order valence-corrected chi connectivity index (χ4v) is 3.50. The Bertz CT molecular complexity index is 513. The van der Waals surface area contributed by atoms with E-state index in [-0.39, 0.29) is 12.0 Å². The van der Waals surface area contributed by atoms with E-state index >= 15 is 0 Å². The van der Waals surface area contributed by atoms with Crippen molar-refractivity contribution in [2.45, 2.75) is 52.2 Å². The molecule has 1 aliphatic rings. The van der Waals surface area contributed by atoms with Gasteiger partial charge in [0.25, 0.3) is 5.91 Å². The maximum atomic E-state index is 11.9. The van der Waals surface area contributed by atoms with Crippen LogP contribution in [0.1, 0.15) is 49.7 Å². The Morgan fingerprint density at radius 1 is 1.52 bits per heavy atom. The number of ether oxygens (including phenoxy) is 1. The molecule has 0 aromatic carbocycles. The number of nitrogens with one attached hydrogen (secondary N) is 2. The van der Waals surface area contributed by atoms with Gasteiger partial charge in [0.1, 0.15) is 15.6 Å². The fourth-order valence-electron chi connectivity index (χ4n) is 2.44. The minimum Gasteiger partial charge on any atom is -0.486 e. The summed E-state index contributed by atoms with van der Waals surface area (Å²) >= 11 is 1.38. The minimum atomic E-state index is -0.167. The van der Waals surface area contributed by atoms with Crippen LogP contribution in [0.2, 0.25) is 0 Å². The molecule has 1 heterocycles. The zero-order valence-electron chi connectivity index (χ0n) is 13.2. The lowest BCUT2D eigenvalue weighted by atomic mass is 10.2. The predicted molar refractivity (Wildman–Crippen MR) is 88.3 cm³/mol. The SMILES string of the molecule is CCCC1CC1Nc1sc(C(=O)NC)c(N)c1OC(C)C. The van der Waals surface area contributed by atoms with Crippen LogP contribution in [-0.2, 0) is 0 Å². The topological polar surface area (TPSA) is 76.4 Å². The van der Waals surface area contributed by atoms with E-state index in [1.54, 1.807) is 7.05 Å². The molecule has 2 atom stereocenters. The molecule has 6 heteroatoms. The maximum absolute atomic E-state index is 11.9. The molecule has 118 valence electrons. The monoisotopic (exact) mass is 311 g/mol. The van der Waals surface area contributed by atoms with Gasteiger partial charge in [-0.2, -0.15) is 0 Å². The lowest BCUT2D eigenvalue weighted by molar-refractivity contribution is 0.0967. The van der Waals surface area contributed by atoms with Crippen molar-refractivity contribution in [2.24, 2.45) is 5.92 Å². The van der Waals surface area contributed by atoms with E-state index in [2.05, 4.69) is 17.6 Å². The van der Waals surface area contributed by atoms with Gasteiger partial charge in [-0.05, 0) is 32.6 Å². The second kappa shape index (κ2) is 6.56. The van der Waals surface area contributed by atoms with Crippen molar-refractivity contribution in [1.82, 2.24) is 5.32 Å². The molecule has 1 aliphatic carbocycles. The highest BCUT2D eigenvalue weighted by Crippen LogP contribution is 2.47. The molecule has 0 radical (unpaired) electrons. The molecule has 0 bridgehead atoms. The van der Waals surface area contributed by atoms with Crippen molar-refractivity contribution >= 4 is 27.9 Å². The lowest BCUT2D eigenvalue weighted by Crippen LogP contribution is -2.17. The van der Waals surface area contributed by atoms with E-state index < -0.39 is 0 Å². The highest BCUT2D eigenvalue weighted by atomic mass is 32.1. The van der Waals surface area contributed by atoms with E-state index in [9.17, 15) is 4.79 Å². The van der Waals surface area contributed by atoms with Gasteiger partial charge in [-0.1, -0.05) is 13.3 Å². The number of amides is 1. The number of carbonyl (C=O) groups excluding carboxylic acids is 1. The summed E-state index contributed by atoms with van der Waals surface area (Å²) in [7, 11) is 1.61. The molecular weight excluding hydrogens is 286 g/mol. The quantitative estimate of drug-likeness (QED) is 0.723. The Morgan fingerprint density at radius 3 is 2.81 bits per heavy atom. The number of thiophene rings is 1. The van der Waals surface area contributed by atoms with Crippen molar-refractivity contribution in [2.75, 3.05) is 18.1 Å². The van der Waals surface area contributed by atoms with Gasteiger partial charge in [0.2, 0.25) is 0 Å². The summed E-state index contributed by atoms with van der Waals surface area (Å²) in [5.41, 5.74) is 6.54. The van der Waals surface area contributed by atoms with Gasteiger partial charge < -0.3 is 21.1 Å². The predicted octanol–water partition coefficient (Wildman–Crippen LogP) is 3.08. The van der Waals surface area contributed by atoms with Gasteiger partial charge in [0.05, 0.1) is 6.10 Å². The van der Waals surface area contributed by atoms with Gasteiger partial charge in [0.15, 0.2) is 5.75 Å². The van der Waals surface area contributed by atoms with Crippen LogP contribution in [0, 0.1) is 5.92 Å². The Balaban J connectivity index is 2.20. The van der Waals surface area contributed by atoms with Crippen molar-refractivity contribution in [1.29, 1.82) is 0 Å². The van der Waals surface area contributed by atoms with Gasteiger partial charge in [0, 0.05) is 13.1 Å². The summed E-state index contributed by atoms with van der Waals surface area (Å²) in [5.74, 6) is 1.18. The molecule has 0 spiro atoms. The van der Waals surface area contributed by atoms with E-state index in [4.69, 9.17) is 10.5 Å². The Hall–Kier alpha value is -1.43. The Labute approximate surface area is 130 Å². The maximum Gasteiger partial charge on any atom is 0.263 e. The third kappa shape index (κ3) is 3.61. The summed E-state index contributed by atoms with van der Waals surface area (Å²) in [6, 6.07) is 0.482. The van der Waals surface area contributed by atoms with E-state index in [1.165, 1.54) is 30.6 Å². The Morgan fingerprint density at radius 2 is 2.24 bits per heavy atom. The highest BCUT2D eigenvalue weighted by molar-refractivity contribution is 7.19. The number of hydrogen-bond donors (Lipinski definition) is 3. The number of nitrogens with two attached hydrogens (primary N) is 1. The van der Waals surface area contributed by atoms with Crippen LogP contribution < -0.4 is 21.1 Å². The van der Waals surface area contributed by atoms with Crippen LogP contribution >= 0.6 is 11.3 Å². The third-order valence-corrected chi connectivity index (χ3v) is 4.70. The van der Waals surface area contributed by atoms with Crippen LogP contribution in [0.15, 0.2) is 0 Å². The van der Waals surface area contributed by atoms with Gasteiger partial charge in [-0.25, -0.2) is 0 Å². The van der Waals surface area contributed by atoms with Crippen molar-refractivity contribution < 1.29 is 9.53 Å². The Kier molecular flexibility index (Phi) is 4.98. The normalized spacial score (nSPS) is 20.4. The van der Waals surface area contributed by atoms with Crippen molar-refractivity contribution in [3.63, 3.8) is 0 Å². The lowest BCUT2D eigenvalue weighted by Gasteiger charge is -2.12. The molecule has 1 aromatic heterocycles. The first kappa shape index (κ1) is 15.9. The average Bonchev–Trinajstić information content (AvgIpc) is 3.10. The molecule has 2 unspecified atom stereocenters. The molecule has 1 aromatic rings. The van der Waals surface area contributed by atoms with Gasteiger partial charge in [-0.3, -0.25) is 4.79 Å².